The molecule has 0 unspecified atom stereocenters. The van der Waals surface area contributed by atoms with Gasteiger partial charge in [0, 0.05) is 19.3 Å². The maximum atomic E-state index is 12.4. The predicted octanol–water partition coefficient (Wildman–Crippen LogP) is 3.15. The number of halogens is 3. The number of alkyl halides is 3. The number of alkyl carbamates (subject to hydrolysis) is 1. The number of hydrogen-bond acceptors (Lipinski definition) is 5. The van der Waals surface area contributed by atoms with Crippen molar-refractivity contribution >= 4 is 11.8 Å². The molecule has 7 nitrogen and oxygen atoms in total. The predicted molar refractivity (Wildman–Crippen MR) is 93.9 cm³/mol. The molecule has 1 amide bonds. The third-order valence-corrected chi connectivity index (χ3v) is 5.63. The second-order valence-electron chi connectivity index (χ2n) is 9.23. The number of amides is 1. The monoisotopic (exact) mass is 402 g/mol. The van der Waals surface area contributed by atoms with Crippen LogP contribution in [0.4, 0.5) is 23.7 Å². The van der Waals surface area contributed by atoms with E-state index >= 15 is 0 Å². The average molecular weight is 402 g/mol. The van der Waals surface area contributed by atoms with E-state index in [9.17, 15) is 18.0 Å². The van der Waals surface area contributed by atoms with Gasteiger partial charge in [-0.3, -0.25) is 9.42 Å². The first-order valence-electron chi connectivity index (χ1n) is 9.43. The molecule has 1 aromatic heterocycles. The van der Waals surface area contributed by atoms with Crippen LogP contribution >= 0.6 is 0 Å². The van der Waals surface area contributed by atoms with Crippen molar-refractivity contribution in [2.24, 2.45) is 0 Å². The summed E-state index contributed by atoms with van der Waals surface area (Å²) in [6.45, 7) is 6.17. The fourth-order valence-corrected chi connectivity index (χ4v) is 4.61. The molecule has 156 valence electrons. The summed E-state index contributed by atoms with van der Waals surface area (Å²) >= 11 is 0. The fraction of sp³-hybridized carbons (Fsp3) is 0.778. The molecule has 4 fully saturated rings. The maximum Gasteiger partial charge on any atom is 0.522 e. The summed E-state index contributed by atoms with van der Waals surface area (Å²) in [5, 5.41) is 7.39. The molecule has 3 aliphatic carbocycles. The van der Waals surface area contributed by atoms with Gasteiger partial charge in [-0.05, 0) is 46.5 Å². The van der Waals surface area contributed by atoms with Crippen molar-refractivity contribution in [1.29, 1.82) is 0 Å². The molecule has 0 radical (unpaired) electrons. The van der Waals surface area contributed by atoms with Crippen molar-refractivity contribution in [3.63, 3.8) is 0 Å². The molecule has 1 aliphatic heterocycles. The second kappa shape index (κ2) is 6.01. The van der Waals surface area contributed by atoms with Crippen molar-refractivity contribution < 1.29 is 27.4 Å². The number of rotatable bonds is 4. The smallest absolute Gasteiger partial charge is 0.444 e. The summed E-state index contributed by atoms with van der Waals surface area (Å²) in [6, 6.07) is 0. The largest absolute Gasteiger partial charge is 0.522 e. The summed E-state index contributed by atoms with van der Waals surface area (Å²) in [6.07, 6.45) is 0.372. The van der Waals surface area contributed by atoms with E-state index in [1.54, 1.807) is 6.20 Å². The summed E-state index contributed by atoms with van der Waals surface area (Å²) < 4.78 is 48.5. The topological polar surface area (TPSA) is 68.6 Å². The van der Waals surface area contributed by atoms with Gasteiger partial charge in [0.25, 0.3) is 0 Å². The maximum absolute atomic E-state index is 12.4. The number of carbonyl (C=O) groups excluding carboxylic acids is 1. The Morgan fingerprint density at radius 2 is 1.96 bits per heavy atom. The number of ether oxygens (including phenoxy) is 2. The standard InChI is InChI=1S/C18H25F3N4O3/c1-15(2,3)28-14(26)23-16-9-17(10-16,11-16)25-7-12(6-22-25)24-5-4-13(8-24)27-18(19,20)21/h6-7,13H,4-5,8-11H2,1-3H3,(H,23,26)/t13-,16?,17?/m0/s1. The third kappa shape index (κ3) is 3.66. The van der Waals surface area contributed by atoms with Crippen LogP contribution in [0.5, 0.6) is 0 Å². The van der Waals surface area contributed by atoms with E-state index in [-0.39, 0.29) is 17.6 Å². The van der Waals surface area contributed by atoms with E-state index in [1.807, 2.05) is 36.5 Å². The van der Waals surface area contributed by atoms with Gasteiger partial charge in [-0.2, -0.15) is 5.10 Å². The molecule has 10 heteroatoms. The molecular weight excluding hydrogens is 377 g/mol. The molecular formula is C18H25F3N4O3. The highest BCUT2D eigenvalue weighted by Crippen LogP contribution is 2.65. The molecule has 1 aromatic rings. The van der Waals surface area contributed by atoms with Gasteiger partial charge in [0.1, 0.15) is 5.60 Å². The zero-order chi connectivity index (χ0) is 20.4. The van der Waals surface area contributed by atoms with E-state index in [0.29, 0.717) is 13.0 Å². The molecule has 28 heavy (non-hydrogen) atoms. The molecule has 1 atom stereocenters. The quantitative estimate of drug-likeness (QED) is 0.838. The van der Waals surface area contributed by atoms with Gasteiger partial charge >= 0.3 is 12.5 Å². The van der Waals surface area contributed by atoms with Gasteiger partial charge in [0.15, 0.2) is 0 Å². The summed E-state index contributed by atoms with van der Waals surface area (Å²) in [5.74, 6) is 0. The van der Waals surface area contributed by atoms with Crippen molar-refractivity contribution in [1.82, 2.24) is 15.1 Å². The van der Waals surface area contributed by atoms with Gasteiger partial charge in [-0.25, -0.2) is 4.79 Å². The third-order valence-electron chi connectivity index (χ3n) is 5.63. The second-order valence-corrected chi connectivity index (χ2v) is 9.23. The Morgan fingerprint density at radius 3 is 2.57 bits per heavy atom. The molecule has 5 rings (SSSR count). The molecule has 3 saturated carbocycles. The fourth-order valence-electron chi connectivity index (χ4n) is 4.61. The average Bonchev–Trinajstić information content (AvgIpc) is 3.06. The van der Waals surface area contributed by atoms with Crippen molar-refractivity contribution in [3.05, 3.63) is 12.4 Å². The zero-order valence-electron chi connectivity index (χ0n) is 16.2. The van der Waals surface area contributed by atoms with Gasteiger partial charge in [0.05, 0.1) is 29.1 Å². The van der Waals surface area contributed by atoms with Crippen molar-refractivity contribution in [2.45, 2.75) is 75.6 Å². The minimum atomic E-state index is -4.61. The highest BCUT2D eigenvalue weighted by molar-refractivity contribution is 5.70. The molecule has 2 bridgehead atoms. The van der Waals surface area contributed by atoms with Crippen molar-refractivity contribution in [2.75, 3.05) is 18.0 Å². The molecule has 4 aliphatic rings. The van der Waals surface area contributed by atoms with Gasteiger partial charge in [-0.15, -0.1) is 13.2 Å². The molecule has 0 spiro atoms. The SMILES string of the molecule is CC(C)(C)OC(=O)NC12CC(n3cc(N4CC[C@H](OC(F)(F)F)C4)cn3)(C1)C2. The normalized spacial score (nSPS) is 31.9. The van der Waals surface area contributed by atoms with Crippen LogP contribution in [0.25, 0.3) is 0 Å². The highest BCUT2D eigenvalue weighted by atomic mass is 19.4. The Balaban J connectivity index is 1.31. The van der Waals surface area contributed by atoms with Crippen LogP contribution in [0.3, 0.4) is 0 Å². The lowest BCUT2D eigenvalue weighted by Gasteiger charge is -2.69. The summed E-state index contributed by atoms with van der Waals surface area (Å²) in [7, 11) is 0. The van der Waals surface area contributed by atoms with Crippen LogP contribution < -0.4 is 10.2 Å². The number of carbonyl (C=O) groups is 1. The molecule has 0 aromatic carbocycles. The summed E-state index contributed by atoms with van der Waals surface area (Å²) in [5.41, 5.74) is -0.0825. The van der Waals surface area contributed by atoms with Gasteiger partial charge in [-0.1, -0.05) is 0 Å². The Labute approximate surface area is 161 Å². The van der Waals surface area contributed by atoms with E-state index in [0.717, 1.165) is 24.9 Å². The lowest BCUT2D eigenvalue weighted by Crippen LogP contribution is -2.79. The number of hydrogen-bond donors (Lipinski definition) is 1. The number of nitrogens with zero attached hydrogens (tertiary/aromatic N) is 3. The lowest BCUT2D eigenvalue weighted by molar-refractivity contribution is -0.339. The lowest BCUT2D eigenvalue weighted by atomic mass is 9.44. The van der Waals surface area contributed by atoms with Crippen LogP contribution in [0.2, 0.25) is 0 Å². The van der Waals surface area contributed by atoms with Gasteiger partial charge in [0.2, 0.25) is 0 Å². The first kappa shape index (κ1) is 19.4. The number of aromatic nitrogens is 2. The van der Waals surface area contributed by atoms with Gasteiger partial charge < -0.3 is 15.0 Å². The number of nitrogens with one attached hydrogen (secondary N) is 1. The van der Waals surface area contributed by atoms with E-state index in [1.165, 1.54) is 0 Å². The van der Waals surface area contributed by atoms with E-state index in [4.69, 9.17) is 4.74 Å². The van der Waals surface area contributed by atoms with E-state index < -0.39 is 24.2 Å². The minimum absolute atomic E-state index is 0.116. The van der Waals surface area contributed by atoms with Crippen LogP contribution in [0, 0.1) is 0 Å². The molecule has 1 saturated heterocycles. The number of anilines is 1. The van der Waals surface area contributed by atoms with Crippen LogP contribution in [-0.4, -0.2) is 52.6 Å². The van der Waals surface area contributed by atoms with Crippen LogP contribution in [0.15, 0.2) is 12.4 Å². The molecule has 2 heterocycles. The molecule has 1 N–H and O–H groups in total. The highest BCUT2D eigenvalue weighted by Gasteiger charge is 2.70. The Hall–Kier alpha value is -1.97. The zero-order valence-corrected chi connectivity index (χ0v) is 16.2. The Bertz CT molecular complexity index is 751. The van der Waals surface area contributed by atoms with E-state index in [2.05, 4.69) is 15.2 Å². The Kier molecular flexibility index (Phi) is 4.16. The first-order chi connectivity index (χ1) is 12.9. The van der Waals surface area contributed by atoms with Crippen molar-refractivity contribution in [3.8, 4) is 0 Å². The van der Waals surface area contributed by atoms with Crippen LogP contribution in [-0.2, 0) is 15.0 Å². The Morgan fingerprint density at radius 1 is 1.29 bits per heavy atom. The minimum Gasteiger partial charge on any atom is -0.444 e. The first-order valence-corrected chi connectivity index (χ1v) is 9.43. The summed E-state index contributed by atoms with van der Waals surface area (Å²) in [4.78, 5) is 13.8. The van der Waals surface area contributed by atoms with Crippen LogP contribution in [0.1, 0.15) is 46.5 Å².